The van der Waals surface area contributed by atoms with Crippen molar-refractivity contribution in [2.24, 2.45) is 10.7 Å². The number of likely N-dealkylation sites (tertiary alicyclic amines) is 1. The highest BCUT2D eigenvalue weighted by molar-refractivity contribution is 5.94. The Morgan fingerprint density at radius 2 is 2.20 bits per heavy atom. The summed E-state index contributed by atoms with van der Waals surface area (Å²) < 4.78 is 10.7. The Kier molecular flexibility index (Phi) is 5.95. The molecule has 0 atom stereocenters. The zero-order chi connectivity index (χ0) is 17.5. The zero-order valence-corrected chi connectivity index (χ0v) is 14.3. The van der Waals surface area contributed by atoms with Crippen molar-refractivity contribution in [3.8, 4) is 11.5 Å². The van der Waals surface area contributed by atoms with Crippen molar-refractivity contribution in [1.29, 1.82) is 0 Å². The molecule has 0 radical (unpaired) electrons. The standard InChI is InChI=1S/C17H25N5O3/c18-6-8-20-17(19-7-2-10-22-9-1-3-16(22)23)21-13-4-5-14-15(11-13)25-12-24-14/h4-5,11H,1-3,6-10,12,18H2,(H2,19,20,21). The summed E-state index contributed by atoms with van der Waals surface area (Å²) in [6.45, 7) is 3.66. The third-order valence-electron chi connectivity index (χ3n) is 4.10. The van der Waals surface area contributed by atoms with E-state index in [2.05, 4.69) is 15.6 Å². The molecule has 8 heteroatoms. The van der Waals surface area contributed by atoms with Gasteiger partial charge in [-0.25, -0.2) is 0 Å². The number of hydrogen-bond acceptors (Lipinski definition) is 5. The van der Waals surface area contributed by atoms with Crippen LogP contribution < -0.4 is 25.8 Å². The highest BCUT2D eigenvalue weighted by Gasteiger charge is 2.19. The van der Waals surface area contributed by atoms with Crippen LogP contribution in [-0.2, 0) is 4.79 Å². The molecule has 4 N–H and O–H groups in total. The van der Waals surface area contributed by atoms with Gasteiger partial charge in [0.25, 0.3) is 0 Å². The number of hydrogen-bond donors (Lipinski definition) is 3. The molecule has 1 fully saturated rings. The van der Waals surface area contributed by atoms with E-state index < -0.39 is 0 Å². The Hall–Kier alpha value is -2.48. The predicted molar refractivity (Wildman–Crippen MR) is 96.0 cm³/mol. The molecule has 0 spiro atoms. The summed E-state index contributed by atoms with van der Waals surface area (Å²) in [7, 11) is 0. The first-order chi connectivity index (χ1) is 12.3. The molecule has 8 nitrogen and oxygen atoms in total. The Labute approximate surface area is 147 Å². The van der Waals surface area contributed by atoms with Gasteiger partial charge in [-0.05, 0) is 25.0 Å². The minimum Gasteiger partial charge on any atom is -0.454 e. The van der Waals surface area contributed by atoms with Gasteiger partial charge in [-0.2, -0.15) is 0 Å². The maximum absolute atomic E-state index is 11.6. The summed E-state index contributed by atoms with van der Waals surface area (Å²) in [6, 6.07) is 5.66. The van der Waals surface area contributed by atoms with Gasteiger partial charge < -0.3 is 30.7 Å². The van der Waals surface area contributed by atoms with Crippen LogP contribution >= 0.6 is 0 Å². The average Bonchev–Trinajstić information content (AvgIpc) is 3.24. The topological polar surface area (TPSA) is 101 Å². The number of nitrogens with two attached hydrogens (primary N) is 1. The second kappa shape index (κ2) is 8.57. The largest absolute Gasteiger partial charge is 0.454 e. The fraction of sp³-hybridized carbons (Fsp3) is 0.529. The monoisotopic (exact) mass is 347 g/mol. The van der Waals surface area contributed by atoms with Gasteiger partial charge in [0.1, 0.15) is 0 Å². The van der Waals surface area contributed by atoms with Gasteiger partial charge in [0.05, 0.1) is 0 Å². The van der Waals surface area contributed by atoms with Crippen LogP contribution in [0.3, 0.4) is 0 Å². The lowest BCUT2D eigenvalue weighted by Gasteiger charge is -2.15. The number of amides is 1. The Morgan fingerprint density at radius 3 is 3.00 bits per heavy atom. The van der Waals surface area contributed by atoms with E-state index in [0.717, 1.165) is 43.1 Å². The molecule has 2 aliphatic rings. The first-order valence-electron chi connectivity index (χ1n) is 8.69. The van der Waals surface area contributed by atoms with Crippen molar-refractivity contribution < 1.29 is 14.3 Å². The van der Waals surface area contributed by atoms with Gasteiger partial charge in [0.15, 0.2) is 17.5 Å². The Bertz CT molecular complexity index is 635. The summed E-state index contributed by atoms with van der Waals surface area (Å²) >= 11 is 0. The minimum absolute atomic E-state index is 0.250. The molecule has 25 heavy (non-hydrogen) atoms. The number of aliphatic imine (C=N–C) groups is 1. The van der Waals surface area contributed by atoms with E-state index in [1.54, 1.807) is 0 Å². The van der Waals surface area contributed by atoms with Crippen molar-refractivity contribution in [3.05, 3.63) is 18.2 Å². The van der Waals surface area contributed by atoms with Crippen molar-refractivity contribution in [1.82, 2.24) is 10.2 Å². The minimum atomic E-state index is 0.250. The first-order valence-corrected chi connectivity index (χ1v) is 8.69. The van der Waals surface area contributed by atoms with Crippen LogP contribution in [0.15, 0.2) is 23.2 Å². The molecule has 0 unspecified atom stereocenters. The van der Waals surface area contributed by atoms with Crippen LogP contribution in [-0.4, -0.2) is 56.3 Å². The van der Waals surface area contributed by atoms with Crippen LogP contribution in [0.2, 0.25) is 0 Å². The number of nitrogens with one attached hydrogen (secondary N) is 2. The highest BCUT2D eigenvalue weighted by atomic mass is 16.7. The first kappa shape index (κ1) is 17.3. The Balaban J connectivity index is 1.54. The number of guanidine groups is 1. The number of rotatable bonds is 7. The molecule has 0 bridgehead atoms. The van der Waals surface area contributed by atoms with E-state index in [1.807, 2.05) is 23.1 Å². The molecule has 0 aromatic heterocycles. The van der Waals surface area contributed by atoms with Crippen molar-refractivity contribution >= 4 is 17.6 Å². The molecule has 2 heterocycles. The molecule has 136 valence electrons. The molecule has 1 aromatic carbocycles. The molecule has 1 aromatic rings. The zero-order valence-electron chi connectivity index (χ0n) is 14.3. The molecule has 0 aliphatic carbocycles. The summed E-state index contributed by atoms with van der Waals surface area (Å²) in [5.74, 6) is 2.38. The smallest absolute Gasteiger partial charge is 0.231 e. The van der Waals surface area contributed by atoms with E-state index >= 15 is 0 Å². The lowest BCUT2D eigenvalue weighted by atomic mass is 10.3. The number of benzene rings is 1. The average molecular weight is 347 g/mol. The summed E-state index contributed by atoms with van der Waals surface area (Å²) in [6.07, 6.45) is 2.48. The van der Waals surface area contributed by atoms with Crippen molar-refractivity contribution in [2.75, 3.05) is 44.8 Å². The summed E-state index contributed by atoms with van der Waals surface area (Å²) in [5.41, 5.74) is 6.43. The predicted octanol–water partition coefficient (Wildman–Crippen LogP) is 0.744. The van der Waals surface area contributed by atoms with Crippen LogP contribution in [0.5, 0.6) is 11.5 Å². The van der Waals surface area contributed by atoms with Gasteiger partial charge in [-0.1, -0.05) is 0 Å². The van der Waals surface area contributed by atoms with E-state index in [4.69, 9.17) is 15.2 Å². The number of carbonyl (C=O) groups excluding carboxylic acids is 1. The number of anilines is 1. The fourth-order valence-corrected chi connectivity index (χ4v) is 2.83. The van der Waals surface area contributed by atoms with Gasteiger partial charge in [0, 0.05) is 50.9 Å². The van der Waals surface area contributed by atoms with Crippen molar-refractivity contribution in [3.63, 3.8) is 0 Å². The number of nitrogens with zero attached hydrogens (tertiary/aromatic N) is 2. The number of carbonyl (C=O) groups is 1. The van der Waals surface area contributed by atoms with Gasteiger partial charge in [-0.3, -0.25) is 9.79 Å². The normalized spacial score (nSPS) is 16.4. The highest BCUT2D eigenvalue weighted by Crippen LogP contribution is 2.34. The summed E-state index contributed by atoms with van der Waals surface area (Å²) in [5, 5.41) is 6.43. The lowest BCUT2D eigenvalue weighted by molar-refractivity contribution is -0.127. The van der Waals surface area contributed by atoms with Crippen LogP contribution in [0.25, 0.3) is 0 Å². The van der Waals surface area contributed by atoms with Crippen LogP contribution in [0.4, 0.5) is 5.69 Å². The number of ether oxygens (including phenoxy) is 2. The number of fused-ring (bicyclic) bond motifs is 1. The van der Waals surface area contributed by atoms with E-state index in [9.17, 15) is 4.79 Å². The molecule has 3 rings (SSSR count). The van der Waals surface area contributed by atoms with Crippen LogP contribution in [0.1, 0.15) is 19.3 Å². The molecule has 1 amide bonds. The van der Waals surface area contributed by atoms with E-state index in [-0.39, 0.29) is 12.7 Å². The van der Waals surface area contributed by atoms with E-state index in [0.29, 0.717) is 32.0 Å². The second-order valence-electron chi connectivity index (χ2n) is 5.98. The molecule has 1 saturated heterocycles. The third-order valence-corrected chi connectivity index (χ3v) is 4.10. The molecule has 0 saturated carbocycles. The maximum atomic E-state index is 11.6. The lowest BCUT2D eigenvalue weighted by Crippen LogP contribution is -2.35. The van der Waals surface area contributed by atoms with Gasteiger partial charge in [0.2, 0.25) is 12.7 Å². The molecular formula is C17H25N5O3. The van der Waals surface area contributed by atoms with E-state index in [1.165, 1.54) is 0 Å². The Morgan fingerprint density at radius 1 is 1.32 bits per heavy atom. The van der Waals surface area contributed by atoms with Crippen LogP contribution in [0, 0.1) is 0 Å². The SMILES string of the molecule is NCCNC(=NCCCN1CCCC1=O)Nc1ccc2c(c1)OCO2. The van der Waals surface area contributed by atoms with Crippen molar-refractivity contribution in [2.45, 2.75) is 19.3 Å². The maximum Gasteiger partial charge on any atom is 0.231 e. The fourth-order valence-electron chi connectivity index (χ4n) is 2.83. The van der Waals surface area contributed by atoms with Gasteiger partial charge >= 0.3 is 0 Å². The third kappa shape index (κ3) is 4.76. The molecule has 2 aliphatic heterocycles. The second-order valence-corrected chi connectivity index (χ2v) is 5.98. The summed E-state index contributed by atoms with van der Waals surface area (Å²) in [4.78, 5) is 18.1. The van der Waals surface area contributed by atoms with Gasteiger partial charge in [-0.15, -0.1) is 0 Å². The molecular weight excluding hydrogens is 322 g/mol. The quantitative estimate of drug-likeness (QED) is 0.382.